The van der Waals surface area contributed by atoms with Crippen LogP contribution in [-0.4, -0.2) is 64.8 Å². The molecule has 0 spiro atoms. The second-order valence-corrected chi connectivity index (χ2v) is 7.65. The van der Waals surface area contributed by atoms with Crippen molar-refractivity contribution in [1.82, 2.24) is 24.5 Å². The Morgan fingerprint density at radius 2 is 1.74 bits per heavy atom. The van der Waals surface area contributed by atoms with Crippen molar-refractivity contribution < 1.29 is 4.74 Å². The number of nitrogens with one attached hydrogen (secondary N) is 1. The lowest BCUT2D eigenvalue weighted by molar-refractivity contribution is 0.313. The number of rotatable bonds is 5. The Morgan fingerprint density at radius 1 is 0.903 bits per heavy atom. The molecule has 1 saturated heterocycles. The quantitative estimate of drug-likeness (QED) is 0.536. The molecule has 3 aromatic heterocycles. The van der Waals surface area contributed by atoms with Crippen LogP contribution in [0.2, 0.25) is 0 Å². The first-order chi connectivity index (χ1) is 15.2. The van der Waals surface area contributed by atoms with Crippen molar-refractivity contribution in [2.24, 2.45) is 0 Å². The fourth-order valence-electron chi connectivity index (χ4n) is 3.85. The van der Waals surface area contributed by atoms with E-state index in [9.17, 15) is 0 Å². The predicted octanol–water partition coefficient (Wildman–Crippen LogP) is 3.30. The van der Waals surface area contributed by atoms with E-state index in [1.165, 1.54) is 0 Å². The molecule has 1 aliphatic rings. The van der Waals surface area contributed by atoms with Gasteiger partial charge in [-0.25, -0.2) is 14.5 Å². The summed E-state index contributed by atoms with van der Waals surface area (Å²) in [5.41, 5.74) is 3.96. The molecule has 1 N–H and O–H groups in total. The zero-order chi connectivity index (χ0) is 21.2. The van der Waals surface area contributed by atoms with Crippen molar-refractivity contribution in [3.8, 4) is 17.0 Å². The molecule has 0 atom stereocenters. The minimum absolute atomic E-state index is 0.486. The zero-order valence-corrected chi connectivity index (χ0v) is 17.7. The van der Waals surface area contributed by atoms with Gasteiger partial charge in [-0.15, -0.1) is 5.10 Å². The molecule has 1 aromatic carbocycles. The number of hydrogen-bond donors (Lipinski definition) is 1. The van der Waals surface area contributed by atoms with E-state index in [0.29, 0.717) is 11.8 Å². The first kappa shape index (κ1) is 19.3. The molecular formula is C23H25N7O. The Labute approximate surface area is 181 Å². The van der Waals surface area contributed by atoms with Gasteiger partial charge in [0, 0.05) is 31.7 Å². The molecule has 158 valence electrons. The molecule has 1 fully saturated rings. The van der Waals surface area contributed by atoms with Crippen LogP contribution in [0.25, 0.3) is 16.8 Å². The van der Waals surface area contributed by atoms with E-state index in [2.05, 4.69) is 43.3 Å². The topological polar surface area (TPSA) is 70.8 Å². The largest absolute Gasteiger partial charge is 0.496 e. The van der Waals surface area contributed by atoms with E-state index >= 15 is 0 Å². The molecule has 0 bridgehead atoms. The maximum atomic E-state index is 5.52. The SMILES string of the molecule is COc1ccccc1-c1ccc2cnc(Nc3ccc(N4CCN(C)CC4)cn3)nn12. The fraction of sp³-hybridized carbons (Fsp3) is 0.261. The molecule has 0 amide bonds. The van der Waals surface area contributed by atoms with Crippen LogP contribution >= 0.6 is 0 Å². The summed E-state index contributed by atoms with van der Waals surface area (Å²) in [5.74, 6) is 2.00. The van der Waals surface area contributed by atoms with Crippen molar-refractivity contribution in [3.63, 3.8) is 0 Å². The Hall–Kier alpha value is -3.65. The van der Waals surface area contributed by atoms with Gasteiger partial charge in [0.15, 0.2) is 0 Å². The number of pyridine rings is 1. The normalized spacial score (nSPS) is 14.7. The van der Waals surface area contributed by atoms with E-state index in [4.69, 9.17) is 4.74 Å². The van der Waals surface area contributed by atoms with E-state index in [-0.39, 0.29) is 0 Å². The third kappa shape index (κ3) is 3.89. The van der Waals surface area contributed by atoms with Crippen molar-refractivity contribution in [3.05, 3.63) is 60.9 Å². The molecule has 4 aromatic rings. The van der Waals surface area contributed by atoms with Gasteiger partial charge in [0.25, 0.3) is 0 Å². The highest BCUT2D eigenvalue weighted by atomic mass is 16.5. The maximum Gasteiger partial charge on any atom is 0.246 e. The number of piperazine rings is 1. The van der Waals surface area contributed by atoms with Crippen LogP contribution in [0.5, 0.6) is 5.75 Å². The van der Waals surface area contributed by atoms with Gasteiger partial charge in [-0.1, -0.05) is 12.1 Å². The van der Waals surface area contributed by atoms with Crippen LogP contribution in [0.4, 0.5) is 17.5 Å². The monoisotopic (exact) mass is 415 g/mol. The summed E-state index contributed by atoms with van der Waals surface area (Å²) in [5, 5.41) is 7.90. The first-order valence-electron chi connectivity index (χ1n) is 10.4. The number of methoxy groups -OCH3 is 1. The number of fused-ring (bicyclic) bond motifs is 1. The molecule has 8 nitrogen and oxygen atoms in total. The molecule has 1 aliphatic heterocycles. The number of para-hydroxylation sites is 1. The van der Waals surface area contributed by atoms with Crippen LogP contribution in [-0.2, 0) is 0 Å². The van der Waals surface area contributed by atoms with Gasteiger partial charge in [-0.05, 0) is 43.4 Å². The number of ether oxygens (including phenoxy) is 1. The predicted molar refractivity (Wildman–Crippen MR) is 122 cm³/mol. The second kappa shape index (κ2) is 8.23. The molecule has 31 heavy (non-hydrogen) atoms. The summed E-state index contributed by atoms with van der Waals surface area (Å²) in [6.07, 6.45) is 3.70. The Balaban J connectivity index is 1.38. The van der Waals surface area contributed by atoms with Gasteiger partial charge in [-0.2, -0.15) is 0 Å². The summed E-state index contributed by atoms with van der Waals surface area (Å²) in [7, 11) is 3.83. The highest BCUT2D eigenvalue weighted by Gasteiger charge is 2.15. The van der Waals surface area contributed by atoms with Gasteiger partial charge >= 0.3 is 0 Å². The summed E-state index contributed by atoms with van der Waals surface area (Å²) in [6.45, 7) is 4.17. The average Bonchev–Trinajstić information content (AvgIpc) is 3.23. The van der Waals surface area contributed by atoms with E-state index in [1.807, 2.05) is 53.2 Å². The Morgan fingerprint density at radius 3 is 2.52 bits per heavy atom. The highest BCUT2D eigenvalue weighted by Crippen LogP contribution is 2.30. The van der Waals surface area contributed by atoms with Crippen LogP contribution in [0.15, 0.2) is 60.9 Å². The van der Waals surface area contributed by atoms with Crippen LogP contribution in [0.1, 0.15) is 0 Å². The lowest BCUT2D eigenvalue weighted by Gasteiger charge is -2.33. The van der Waals surface area contributed by atoms with Crippen LogP contribution in [0.3, 0.4) is 0 Å². The molecule has 0 saturated carbocycles. The maximum absolute atomic E-state index is 5.52. The fourth-order valence-corrected chi connectivity index (χ4v) is 3.85. The zero-order valence-electron chi connectivity index (χ0n) is 17.7. The van der Waals surface area contributed by atoms with Crippen molar-refractivity contribution in [2.45, 2.75) is 0 Å². The van der Waals surface area contributed by atoms with Crippen molar-refractivity contribution in [2.75, 3.05) is 50.6 Å². The number of aromatic nitrogens is 4. The molecule has 0 radical (unpaired) electrons. The number of nitrogens with zero attached hydrogens (tertiary/aromatic N) is 6. The van der Waals surface area contributed by atoms with Crippen molar-refractivity contribution in [1.29, 1.82) is 0 Å². The average molecular weight is 416 g/mol. The lowest BCUT2D eigenvalue weighted by atomic mass is 10.1. The minimum atomic E-state index is 0.486. The summed E-state index contributed by atoms with van der Waals surface area (Å²) >= 11 is 0. The third-order valence-electron chi connectivity index (χ3n) is 5.64. The van der Waals surface area contributed by atoms with Gasteiger partial charge in [0.2, 0.25) is 5.95 Å². The van der Waals surface area contributed by atoms with E-state index < -0.39 is 0 Å². The standard InChI is InChI=1S/C23H25N7O/c1-28-11-13-29(14-12-28)17-8-10-22(24-15-17)26-23-25-16-18-7-9-20(30(18)27-23)19-5-3-4-6-21(19)31-2/h3-10,15-16H,11-14H2,1-2H3,(H,24,26,27). The van der Waals surface area contributed by atoms with Crippen molar-refractivity contribution >= 4 is 23.0 Å². The number of benzene rings is 1. The Kier molecular flexibility index (Phi) is 5.13. The molecule has 4 heterocycles. The number of anilines is 3. The molecule has 5 rings (SSSR count). The summed E-state index contributed by atoms with van der Waals surface area (Å²) < 4.78 is 7.39. The summed E-state index contributed by atoms with van der Waals surface area (Å²) in [6, 6.07) is 16.0. The van der Waals surface area contributed by atoms with Gasteiger partial charge in [-0.3, -0.25) is 0 Å². The van der Waals surface area contributed by atoms with Crippen LogP contribution in [0, 0.1) is 0 Å². The van der Waals surface area contributed by atoms with Gasteiger partial charge < -0.3 is 19.9 Å². The first-order valence-corrected chi connectivity index (χ1v) is 10.4. The lowest BCUT2D eigenvalue weighted by Crippen LogP contribution is -2.44. The van der Waals surface area contributed by atoms with Gasteiger partial charge in [0.05, 0.1) is 36.4 Å². The third-order valence-corrected chi connectivity index (χ3v) is 5.64. The van der Waals surface area contributed by atoms with E-state index in [0.717, 1.165) is 54.4 Å². The second-order valence-electron chi connectivity index (χ2n) is 7.65. The Bertz CT molecular complexity index is 1180. The van der Waals surface area contributed by atoms with Gasteiger partial charge in [0.1, 0.15) is 11.6 Å². The molecule has 8 heteroatoms. The van der Waals surface area contributed by atoms with E-state index in [1.54, 1.807) is 13.3 Å². The molecular weight excluding hydrogens is 390 g/mol. The summed E-state index contributed by atoms with van der Waals surface area (Å²) in [4.78, 5) is 13.7. The smallest absolute Gasteiger partial charge is 0.246 e. The number of likely N-dealkylation sites (N-methyl/N-ethyl adjacent to an activating group) is 1. The molecule has 0 aliphatic carbocycles. The number of hydrogen-bond acceptors (Lipinski definition) is 7. The molecule has 0 unspecified atom stereocenters. The minimum Gasteiger partial charge on any atom is -0.496 e. The highest BCUT2D eigenvalue weighted by molar-refractivity contribution is 5.72. The van der Waals surface area contributed by atoms with Crippen LogP contribution < -0.4 is 15.0 Å².